The van der Waals surface area contributed by atoms with Crippen LogP contribution in [0.4, 0.5) is 0 Å². The van der Waals surface area contributed by atoms with Crippen LogP contribution in [-0.4, -0.2) is 13.7 Å². The van der Waals surface area contributed by atoms with Crippen molar-refractivity contribution in [1.29, 1.82) is 0 Å². The van der Waals surface area contributed by atoms with Gasteiger partial charge in [0.15, 0.2) is 0 Å². The number of alkyl halides is 1. The zero-order valence-electron chi connectivity index (χ0n) is 10.0. The maximum Gasteiger partial charge on any atom is 0.0753 e. The summed E-state index contributed by atoms with van der Waals surface area (Å²) < 4.78 is 5.07. The van der Waals surface area contributed by atoms with Crippen LogP contribution >= 0.6 is 38.9 Å². The number of hydrogen-bond donors (Lipinski definition) is 0. The first kappa shape index (κ1) is 14.1. The minimum absolute atomic E-state index is 0.168. The number of methoxy groups -OCH3 is 1. The molecule has 1 atom stereocenters. The predicted octanol–water partition coefficient (Wildman–Crippen LogP) is 5.07. The van der Waals surface area contributed by atoms with Gasteiger partial charge in [-0.15, -0.1) is 11.3 Å². The van der Waals surface area contributed by atoms with Gasteiger partial charge in [-0.05, 0) is 29.0 Å². The van der Waals surface area contributed by atoms with Crippen LogP contribution in [0, 0.1) is 0 Å². The SMILES string of the molecule is COCCc1ccc(C(Br)c2sccc2Cl)cc1. The van der Waals surface area contributed by atoms with Crippen molar-refractivity contribution in [3.8, 4) is 0 Å². The summed E-state index contributed by atoms with van der Waals surface area (Å²) >= 11 is 11.5. The average Bonchev–Trinajstić information content (AvgIpc) is 2.82. The molecule has 0 radical (unpaired) electrons. The highest BCUT2D eigenvalue weighted by molar-refractivity contribution is 9.09. The molecule has 0 spiro atoms. The van der Waals surface area contributed by atoms with Gasteiger partial charge in [-0.25, -0.2) is 0 Å². The molecule has 2 rings (SSSR count). The van der Waals surface area contributed by atoms with Crippen molar-refractivity contribution in [1.82, 2.24) is 0 Å². The quantitative estimate of drug-likeness (QED) is 0.687. The van der Waals surface area contributed by atoms with Gasteiger partial charge >= 0.3 is 0 Å². The average molecular weight is 346 g/mol. The molecule has 0 bridgehead atoms. The number of thiophene rings is 1. The first-order valence-electron chi connectivity index (χ1n) is 5.67. The van der Waals surface area contributed by atoms with E-state index in [1.165, 1.54) is 11.1 Å². The van der Waals surface area contributed by atoms with E-state index in [9.17, 15) is 0 Å². The molecule has 0 saturated heterocycles. The first-order chi connectivity index (χ1) is 8.72. The second-order valence-electron chi connectivity index (χ2n) is 3.98. The minimum Gasteiger partial charge on any atom is -0.384 e. The van der Waals surface area contributed by atoms with Crippen molar-refractivity contribution >= 4 is 38.9 Å². The largest absolute Gasteiger partial charge is 0.384 e. The van der Waals surface area contributed by atoms with E-state index < -0.39 is 0 Å². The van der Waals surface area contributed by atoms with E-state index in [1.807, 2.05) is 11.4 Å². The van der Waals surface area contributed by atoms with Crippen LogP contribution in [0.2, 0.25) is 5.02 Å². The lowest BCUT2D eigenvalue weighted by Gasteiger charge is -2.10. The number of ether oxygens (including phenoxy) is 1. The van der Waals surface area contributed by atoms with Gasteiger partial charge in [0.25, 0.3) is 0 Å². The zero-order valence-corrected chi connectivity index (χ0v) is 13.2. The van der Waals surface area contributed by atoms with Gasteiger partial charge < -0.3 is 4.74 Å². The highest BCUT2D eigenvalue weighted by atomic mass is 79.9. The monoisotopic (exact) mass is 344 g/mol. The lowest BCUT2D eigenvalue weighted by Crippen LogP contribution is -1.95. The molecular formula is C14H14BrClOS. The molecule has 0 saturated carbocycles. The maximum atomic E-state index is 6.15. The molecule has 1 heterocycles. The fourth-order valence-electron chi connectivity index (χ4n) is 1.71. The minimum atomic E-state index is 0.168. The Morgan fingerprint density at radius 2 is 2.00 bits per heavy atom. The number of halogens is 2. The Morgan fingerprint density at radius 3 is 2.56 bits per heavy atom. The normalized spacial score (nSPS) is 12.6. The molecule has 0 aliphatic rings. The van der Waals surface area contributed by atoms with Crippen LogP contribution in [0.15, 0.2) is 35.7 Å². The van der Waals surface area contributed by atoms with Crippen LogP contribution in [0.5, 0.6) is 0 Å². The molecule has 96 valence electrons. The van der Waals surface area contributed by atoms with Gasteiger partial charge in [-0.2, -0.15) is 0 Å². The van der Waals surface area contributed by atoms with Gasteiger partial charge in [0, 0.05) is 12.0 Å². The topological polar surface area (TPSA) is 9.23 Å². The summed E-state index contributed by atoms with van der Waals surface area (Å²) in [4.78, 5) is 1.32. The standard InChI is InChI=1S/C14H14BrClOS/c1-17-8-6-10-2-4-11(5-3-10)13(15)14-12(16)7-9-18-14/h2-5,7,9,13H,6,8H2,1H3. The lowest BCUT2D eigenvalue weighted by atomic mass is 10.1. The second-order valence-corrected chi connectivity index (χ2v) is 6.25. The van der Waals surface area contributed by atoms with E-state index in [0.29, 0.717) is 0 Å². The van der Waals surface area contributed by atoms with Gasteiger partial charge in [-0.1, -0.05) is 51.8 Å². The molecular weight excluding hydrogens is 332 g/mol. The summed E-state index contributed by atoms with van der Waals surface area (Å²) in [6.07, 6.45) is 0.948. The molecule has 1 unspecified atom stereocenters. The summed E-state index contributed by atoms with van der Waals surface area (Å²) in [6, 6.07) is 10.5. The summed E-state index contributed by atoms with van der Waals surface area (Å²) in [5, 5.41) is 2.84. The summed E-state index contributed by atoms with van der Waals surface area (Å²) in [5.74, 6) is 0. The molecule has 0 amide bonds. The van der Waals surface area contributed by atoms with Gasteiger partial charge in [-0.3, -0.25) is 0 Å². The predicted molar refractivity (Wildman–Crippen MR) is 82.1 cm³/mol. The van der Waals surface area contributed by atoms with Crippen LogP contribution in [0.3, 0.4) is 0 Å². The van der Waals surface area contributed by atoms with E-state index in [1.54, 1.807) is 18.4 Å². The highest BCUT2D eigenvalue weighted by Crippen LogP contribution is 2.38. The third-order valence-electron chi connectivity index (χ3n) is 2.74. The van der Waals surface area contributed by atoms with E-state index in [4.69, 9.17) is 16.3 Å². The summed E-state index contributed by atoms with van der Waals surface area (Å²) in [7, 11) is 1.72. The molecule has 2 aromatic rings. The van der Waals surface area contributed by atoms with Crippen molar-refractivity contribution in [3.05, 3.63) is 56.7 Å². The first-order valence-corrected chi connectivity index (χ1v) is 7.84. The second kappa shape index (κ2) is 6.71. The van der Waals surface area contributed by atoms with Crippen LogP contribution < -0.4 is 0 Å². The Labute approximate surface area is 125 Å². The fraction of sp³-hybridized carbons (Fsp3) is 0.286. The Balaban J connectivity index is 2.12. The van der Waals surface area contributed by atoms with Crippen molar-refractivity contribution in [2.75, 3.05) is 13.7 Å². The Hall–Kier alpha value is -0.350. The third kappa shape index (κ3) is 3.35. The Bertz CT molecular complexity index is 495. The van der Waals surface area contributed by atoms with Crippen molar-refractivity contribution in [2.24, 2.45) is 0 Å². The molecule has 0 fully saturated rings. The number of hydrogen-bond acceptors (Lipinski definition) is 2. The summed E-state index contributed by atoms with van der Waals surface area (Å²) in [5.41, 5.74) is 2.51. The van der Waals surface area contributed by atoms with E-state index in [-0.39, 0.29) is 4.83 Å². The van der Waals surface area contributed by atoms with Crippen molar-refractivity contribution in [3.63, 3.8) is 0 Å². The van der Waals surface area contributed by atoms with Crippen LogP contribution in [0.25, 0.3) is 0 Å². The molecule has 0 aliphatic carbocycles. The fourth-order valence-corrected chi connectivity index (χ4v) is 3.89. The van der Waals surface area contributed by atoms with Gasteiger partial charge in [0.2, 0.25) is 0 Å². The molecule has 4 heteroatoms. The molecule has 1 nitrogen and oxygen atoms in total. The van der Waals surface area contributed by atoms with Gasteiger partial charge in [0.1, 0.15) is 0 Å². The Kier molecular flexibility index (Phi) is 5.25. The van der Waals surface area contributed by atoms with Crippen molar-refractivity contribution in [2.45, 2.75) is 11.2 Å². The van der Waals surface area contributed by atoms with E-state index in [2.05, 4.69) is 40.2 Å². The lowest BCUT2D eigenvalue weighted by molar-refractivity contribution is 0.202. The number of benzene rings is 1. The number of rotatable bonds is 5. The molecule has 0 aliphatic heterocycles. The maximum absolute atomic E-state index is 6.15. The third-order valence-corrected chi connectivity index (χ3v) is 5.46. The molecule has 1 aromatic heterocycles. The smallest absolute Gasteiger partial charge is 0.0753 e. The molecule has 18 heavy (non-hydrogen) atoms. The van der Waals surface area contributed by atoms with Gasteiger partial charge in [0.05, 0.1) is 16.5 Å². The highest BCUT2D eigenvalue weighted by Gasteiger charge is 2.14. The van der Waals surface area contributed by atoms with E-state index >= 15 is 0 Å². The van der Waals surface area contributed by atoms with Crippen molar-refractivity contribution < 1.29 is 4.74 Å². The summed E-state index contributed by atoms with van der Waals surface area (Å²) in [6.45, 7) is 0.758. The van der Waals surface area contributed by atoms with Crippen LogP contribution in [-0.2, 0) is 11.2 Å². The van der Waals surface area contributed by atoms with Crippen LogP contribution in [0.1, 0.15) is 20.8 Å². The zero-order chi connectivity index (χ0) is 13.0. The Morgan fingerprint density at radius 1 is 1.28 bits per heavy atom. The molecule has 0 N–H and O–H groups in total. The molecule has 1 aromatic carbocycles. The van der Waals surface area contributed by atoms with E-state index in [0.717, 1.165) is 22.9 Å².